The number of carboxylic acid groups (broad SMARTS) is 1. The van der Waals surface area contributed by atoms with Gasteiger partial charge in [0.25, 0.3) is 5.91 Å². The minimum atomic E-state index is -1.56. The number of pyridine rings is 1. The molecule has 2 rings (SSSR count). The fourth-order valence-corrected chi connectivity index (χ4v) is 1.53. The first-order valence-corrected chi connectivity index (χ1v) is 5.14. The summed E-state index contributed by atoms with van der Waals surface area (Å²) in [6.45, 7) is 0. The number of nitrogens with two attached hydrogens (primary N) is 1. The Morgan fingerprint density at radius 2 is 2.15 bits per heavy atom. The van der Waals surface area contributed by atoms with Crippen molar-refractivity contribution < 1.29 is 19.6 Å². The summed E-state index contributed by atoms with van der Waals surface area (Å²) in [6, 6.07) is 2.79. The summed E-state index contributed by atoms with van der Waals surface area (Å²) < 4.78 is 0.835. The molecule has 0 aliphatic carbocycles. The predicted octanol–water partition coefficient (Wildman–Crippen LogP) is -0.0274. The van der Waals surface area contributed by atoms with E-state index in [1.54, 1.807) is 0 Å². The minimum Gasteiger partial charge on any atom is -0.476 e. The van der Waals surface area contributed by atoms with Crippen LogP contribution < -0.4 is 5.73 Å². The molecule has 0 saturated carbocycles. The molecule has 0 aromatic carbocycles. The van der Waals surface area contributed by atoms with Crippen LogP contribution in [0, 0.1) is 10.1 Å². The number of nitro groups is 1. The van der Waals surface area contributed by atoms with E-state index in [4.69, 9.17) is 10.8 Å². The van der Waals surface area contributed by atoms with E-state index in [1.165, 1.54) is 18.3 Å². The van der Waals surface area contributed by atoms with Crippen LogP contribution in [0.5, 0.6) is 0 Å². The van der Waals surface area contributed by atoms with Crippen molar-refractivity contribution in [3.05, 3.63) is 45.9 Å². The van der Waals surface area contributed by atoms with Crippen molar-refractivity contribution >= 4 is 17.6 Å². The van der Waals surface area contributed by atoms with Crippen molar-refractivity contribution in [2.24, 2.45) is 5.73 Å². The molecule has 0 aliphatic rings. The van der Waals surface area contributed by atoms with Gasteiger partial charge in [0.1, 0.15) is 6.20 Å². The van der Waals surface area contributed by atoms with Crippen LogP contribution in [-0.4, -0.2) is 36.7 Å². The lowest BCUT2D eigenvalue weighted by Crippen LogP contribution is -2.16. The van der Waals surface area contributed by atoms with E-state index in [0.717, 1.165) is 10.9 Å². The Bertz CT molecular complexity index is 691. The molecule has 2 aromatic rings. The number of hydrogen-bond donors (Lipinski definition) is 2. The van der Waals surface area contributed by atoms with Gasteiger partial charge in [-0.05, 0) is 12.1 Å². The third kappa shape index (κ3) is 2.16. The summed E-state index contributed by atoms with van der Waals surface area (Å²) in [6.07, 6.45) is 2.17. The SMILES string of the molecule is NC(=O)c1cccnc1-n1cc([N+](=O)[O-])c(C(=O)O)n1. The summed E-state index contributed by atoms with van der Waals surface area (Å²) in [4.78, 5) is 35.8. The van der Waals surface area contributed by atoms with Gasteiger partial charge in [-0.25, -0.2) is 14.5 Å². The molecule has 0 saturated heterocycles. The molecule has 0 spiro atoms. The Kier molecular flexibility index (Phi) is 3.13. The van der Waals surface area contributed by atoms with Crippen LogP contribution >= 0.6 is 0 Å². The maximum atomic E-state index is 11.2. The zero-order valence-electron chi connectivity index (χ0n) is 9.76. The van der Waals surface area contributed by atoms with Gasteiger partial charge in [-0.2, -0.15) is 5.10 Å². The van der Waals surface area contributed by atoms with E-state index in [2.05, 4.69) is 10.1 Å². The van der Waals surface area contributed by atoms with Crippen LogP contribution in [0.15, 0.2) is 24.5 Å². The Labute approximate surface area is 110 Å². The number of nitrogens with zero attached hydrogens (tertiary/aromatic N) is 4. The molecule has 0 radical (unpaired) electrons. The molecule has 0 fully saturated rings. The Hall–Kier alpha value is -3.30. The highest BCUT2D eigenvalue weighted by atomic mass is 16.6. The van der Waals surface area contributed by atoms with Crippen molar-refractivity contribution in [3.63, 3.8) is 0 Å². The van der Waals surface area contributed by atoms with Crippen molar-refractivity contribution in [2.45, 2.75) is 0 Å². The maximum absolute atomic E-state index is 11.2. The molecule has 2 aromatic heterocycles. The van der Waals surface area contributed by atoms with Crippen molar-refractivity contribution in [1.82, 2.24) is 14.8 Å². The van der Waals surface area contributed by atoms with E-state index in [1.807, 2.05) is 0 Å². The Balaban J connectivity index is 2.66. The first-order chi connectivity index (χ1) is 9.41. The highest BCUT2D eigenvalue weighted by Crippen LogP contribution is 2.20. The van der Waals surface area contributed by atoms with Crippen LogP contribution in [0.4, 0.5) is 5.69 Å². The topological polar surface area (TPSA) is 154 Å². The number of aromatic carboxylic acids is 1. The molecule has 10 nitrogen and oxygen atoms in total. The predicted molar refractivity (Wildman–Crippen MR) is 63.5 cm³/mol. The highest BCUT2D eigenvalue weighted by Gasteiger charge is 2.27. The summed E-state index contributed by atoms with van der Waals surface area (Å²) in [5.41, 5.74) is 3.64. The maximum Gasteiger partial charge on any atom is 0.363 e. The average molecular weight is 277 g/mol. The molecule has 2 heterocycles. The van der Waals surface area contributed by atoms with Crippen LogP contribution in [0.3, 0.4) is 0 Å². The van der Waals surface area contributed by atoms with Gasteiger partial charge >= 0.3 is 11.7 Å². The summed E-state index contributed by atoms with van der Waals surface area (Å²) in [5, 5.41) is 23.2. The van der Waals surface area contributed by atoms with Gasteiger partial charge in [-0.3, -0.25) is 14.9 Å². The van der Waals surface area contributed by atoms with Crippen molar-refractivity contribution in [3.8, 4) is 5.82 Å². The molecule has 0 unspecified atom stereocenters. The molecular formula is C10H7N5O5. The molecule has 20 heavy (non-hydrogen) atoms. The lowest BCUT2D eigenvalue weighted by atomic mass is 10.2. The van der Waals surface area contributed by atoms with Gasteiger partial charge in [0.15, 0.2) is 5.82 Å². The third-order valence-corrected chi connectivity index (χ3v) is 2.36. The van der Waals surface area contributed by atoms with E-state index in [-0.39, 0.29) is 11.4 Å². The average Bonchev–Trinajstić information content (AvgIpc) is 2.83. The number of carbonyl (C=O) groups excluding carboxylic acids is 1. The van der Waals surface area contributed by atoms with Crippen LogP contribution in [0.25, 0.3) is 5.82 Å². The van der Waals surface area contributed by atoms with Crippen LogP contribution in [0.2, 0.25) is 0 Å². The number of carbonyl (C=O) groups is 2. The molecule has 0 bridgehead atoms. The zero-order chi connectivity index (χ0) is 14.9. The number of aromatic nitrogens is 3. The fourth-order valence-electron chi connectivity index (χ4n) is 1.53. The van der Waals surface area contributed by atoms with Gasteiger partial charge in [-0.1, -0.05) is 0 Å². The molecular weight excluding hydrogens is 270 g/mol. The smallest absolute Gasteiger partial charge is 0.363 e. The second kappa shape index (κ2) is 4.76. The monoisotopic (exact) mass is 277 g/mol. The highest BCUT2D eigenvalue weighted by molar-refractivity contribution is 5.96. The lowest BCUT2D eigenvalue weighted by Gasteiger charge is -2.03. The first kappa shape index (κ1) is 13.1. The largest absolute Gasteiger partial charge is 0.476 e. The zero-order valence-corrected chi connectivity index (χ0v) is 9.76. The van der Waals surface area contributed by atoms with E-state index < -0.39 is 28.2 Å². The fraction of sp³-hybridized carbons (Fsp3) is 0. The second-order valence-electron chi connectivity index (χ2n) is 3.61. The molecule has 0 atom stereocenters. The molecule has 102 valence electrons. The van der Waals surface area contributed by atoms with Crippen LogP contribution in [0.1, 0.15) is 20.8 Å². The normalized spacial score (nSPS) is 10.2. The quantitative estimate of drug-likeness (QED) is 0.587. The summed E-state index contributed by atoms with van der Waals surface area (Å²) in [5.74, 6) is -2.47. The number of primary amides is 1. The van der Waals surface area contributed by atoms with Gasteiger partial charge in [0.05, 0.1) is 10.5 Å². The summed E-state index contributed by atoms with van der Waals surface area (Å²) >= 11 is 0. The number of amides is 1. The van der Waals surface area contributed by atoms with Gasteiger partial charge < -0.3 is 10.8 Å². The summed E-state index contributed by atoms with van der Waals surface area (Å²) in [7, 11) is 0. The molecule has 10 heteroatoms. The standard InChI is InChI=1S/C10H7N5O5/c11-8(16)5-2-1-3-12-9(5)14-4-6(15(19)20)7(13-14)10(17)18/h1-4H,(H2,11,16)(H,17,18). The molecule has 3 N–H and O–H groups in total. The van der Waals surface area contributed by atoms with Gasteiger partial charge in [0.2, 0.25) is 5.69 Å². The number of rotatable bonds is 4. The Morgan fingerprint density at radius 1 is 1.45 bits per heavy atom. The first-order valence-electron chi connectivity index (χ1n) is 5.14. The second-order valence-corrected chi connectivity index (χ2v) is 3.61. The van der Waals surface area contributed by atoms with E-state index in [9.17, 15) is 19.7 Å². The van der Waals surface area contributed by atoms with E-state index in [0.29, 0.717) is 0 Å². The van der Waals surface area contributed by atoms with Gasteiger partial charge in [0, 0.05) is 6.20 Å². The number of hydrogen-bond acceptors (Lipinski definition) is 6. The molecule has 1 amide bonds. The third-order valence-electron chi connectivity index (χ3n) is 2.36. The van der Waals surface area contributed by atoms with E-state index >= 15 is 0 Å². The van der Waals surface area contributed by atoms with Crippen molar-refractivity contribution in [1.29, 1.82) is 0 Å². The number of carboxylic acids is 1. The lowest BCUT2D eigenvalue weighted by molar-refractivity contribution is -0.385. The minimum absolute atomic E-state index is 0.0400. The van der Waals surface area contributed by atoms with Crippen LogP contribution in [-0.2, 0) is 0 Å². The van der Waals surface area contributed by atoms with Gasteiger partial charge in [-0.15, -0.1) is 0 Å². The molecule has 0 aliphatic heterocycles. The van der Waals surface area contributed by atoms with Crippen molar-refractivity contribution in [2.75, 3.05) is 0 Å². The Morgan fingerprint density at radius 3 is 2.65 bits per heavy atom.